The van der Waals surface area contributed by atoms with Crippen molar-refractivity contribution in [3.63, 3.8) is 0 Å². The van der Waals surface area contributed by atoms with Gasteiger partial charge in [-0.2, -0.15) is 0 Å². The lowest BCUT2D eigenvalue weighted by atomic mass is 9.82. The Morgan fingerprint density at radius 3 is 2.24 bits per heavy atom. The summed E-state index contributed by atoms with van der Waals surface area (Å²) in [6.45, 7) is 4.64. The van der Waals surface area contributed by atoms with Gasteiger partial charge in [0.1, 0.15) is 11.2 Å². The smallest absolute Gasteiger partial charge is 0.160 e. The Bertz CT molecular complexity index is 3420. The average molecular weight is 721 g/mol. The summed E-state index contributed by atoms with van der Waals surface area (Å²) in [5.74, 6) is 0.678. The van der Waals surface area contributed by atoms with E-state index < -0.39 is 0 Å². The highest BCUT2D eigenvalue weighted by Gasteiger charge is 2.35. The average Bonchev–Trinajstić information content (AvgIpc) is 3.87. The second-order valence-electron chi connectivity index (χ2n) is 15.2. The number of aromatic nitrogens is 4. The van der Waals surface area contributed by atoms with Gasteiger partial charge in [0.15, 0.2) is 5.82 Å². The zero-order valence-corrected chi connectivity index (χ0v) is 31.0. The highest BCUT2D eigenvalue weighted by Crippen LogP contribution is 2.50. The first-order valence-electron chi connectivity index (χ1n) is 18.8. The maximum atomic E-state index is 5.35. The molecule has 4 aromatic heterocycles. The van der Waals surface area contributed by atoms with Gasteiger partial charge < -0.3 is 4.57 Å². The summed E-state index contributed by atoms with van der Waals surface area (Å²) in [5, 5.41) is 7.69. The zero-order valence-electron chi connectivity index (χ0n) is 30.2. The van der Waals surface area contributed by atoms with Gasteiger partial charge in [-0.25, -0.2) is 9.97 Å². The predicted molar refractivity (Wildman–Crippen MR) is 231 cm³/mol. The van der Waals surface area contributed by atoms with Crippen LogP contribution in [0.5, 0.6) is 0 Å². The lowest BCUT2D eigenvalue weighted by Gasteiger charge is -2.22. The molecular weight excluding hydrogens is 689 g/mol. The van der Waals surface area contributed by atoms with Crippen molar-refractivity contribution in [2.75, 3.05) is 0 Å². The summed E-state index contributed by atoms with van der Waals surface area (Å²) >= 11 is 1.88. The van der Waals surface area contributed by atoms with Gasteiger partial charge in [-0.05, 0) is 70.1 Å². The van der Waals surface area contributed by atoms with Crippen LogP contribution in [0, 0.1) is 0 Å². The molecule has 0 unspecified atom stereocenters. The number of nitrogens with zero attached hydrogens (tertiary/aromatic N) is 4. The number of para-hydroxylation sites is 1. The van der Waals surface area contributed by atoms with Crippen LogP contribution in [0.3, 0.4) is 0 Å². The van der Waals surface area contributed by atoms with E-state index in [1.54, 1.807) is 0 Å². The van der Waals surface area contributed by atoms with Crippen LogP contribution in [0.2, 0.25) is 0 Å². The Kier molecular flexibility index (Phi) is 6.24. The minimum absolute atomic E-state index is 0.123. The van der Waals surface area contributed by atoms with Crippen molar-refractivity contribution in [1.29, 1.82) is 0 Å². The van der Waals surface area contributed by atoms with Gasteiger partial charge in [0, 0.05) is 64.8 Å². The third-order valence-electron chi connectivity index (χ3n) is 11.8. The van der Waals surface area contributed by atoms with E-state index in [2.05, 4.69) is 158 Å². The van der Waals surface area contributed by atoms with Crippen molar-refractivity contribution in [3.8, 4) is 39.5 Å². The molecule has 0 aliphatic heterocycles. The van der Waals surface area contributed by atoms with Crippen molar-refractivity contribution < 1.29 is 0 Å². The van der Waals surface area contributed by atoms with E-state index in [-0.39, 0.29) is 5.41 Å². The Morgan fingerprint density at radius 2 is 1.33 bits per heavy atom. The van der Waals surface area contributed by atoms with Gasteiger partial charge in [0.05, 0.1) is 16.6 Å². The fourth-order valence-corrected chi connectivity index (χ4v) is 10.6. The molecule has 0 saturated heterocycles. The lowest BCUT2D eigenvalue weighted by Crippen LogP contribution is -2.15. The number of rotatable bonds is 3. The van der Waals surface area contributed by atoms with Gasteiger partial charge in [0.25, 0.3) is 0 Å². The van der Waals surface area contributed by atoms with Crippen LogP contribution in [0.1, 0.15) is 25.0 Å². The number of thiophene rings is 1. The van der Waals surface area contributed by atoms with Crippen LogP contribution in [-0.2, 0) is 5.41 Å². The van der Waals surface area contributed by atoms with E-state index in [0.717, 1.165) is 33.5 Å². The molecule has 11 aromatic rings. The van der Waals surface area contributed by atoms with Gasteiger partial charge >= 0.3 is 0 Å². The van der Waals surface area contributed by atoms with Gasteiger partial charge in [-0.1, -0.05) is 123 Å². The number of benzene rings is 7. The standard InChI is InChI=1S/C50H32N4S/c1-50(2)38-20-8-5-15-32(38)33-25-24-29(28-39(33)50)45-46-40(21-12-26-51-46)52-49(53-45)30-13-11-14-31(27-30)54-41-22-9-6-18-36(41)43-34-16-3-4-17-35(34)48-44(47(43)54)37-19-7-10-23-42(37)55-48/h3-28H,1-2H3. The topological polar surface area (TPSA) is 43.6 Å². The Hall–Kier alpha value is -6.69. The summed E-state index contributed by atoms with van der Waals surface area (Å²) in [5.41, 5.74) is 13.1. The summed E-state index contributed by atoms with van der Waals surface area (Å²) in [7, 11) is 0. The van der Waals surface area contributed by atoms with Crippen molar-refractivity contribution in [3.05, 3.63) is 169 Å². The van der Waals surface area contributed by atoms with Gasteiger partial charge in [-0.3, -0.25) is 4.98 Å². The van der Waals surface area contributed by atoms with E-state index in [9.17, 15) is 0 Å². The maximum Gasteiger partial charge on any atom is 0.160 e. The molecule has 1 aliphatic rings. The van der Waals surface area contributed by atoms with Crippen molar-refractivity contribution >= 4 is 75.1 Å². The molecule has 5 heteroatoms. The first kappa shape index (κ1) is 30.7. The molecule has 0 atom stereocenters. The number of hydrogen-bond donors (Lipinski definition) is 0. The minimum Gasteiger partial charge on any atom is -0.309 e. The molecule has 12 rings (SSSR count). The molecule has 0 fully saturated rings. The van der Waals surface area contributed by atoms with Crippen LogP contribution in [0.4, 0.5) is 0 Å². The molecule has 4 nitrogen and oxygen atoms in total. The molecule has 1 aliphatic carbocycles. The summed E-state index contributed by atoms with van der Waals surface area (Å²) in [6, 6.07) is 54.8. The van der Waals surface area contributed by atoms with E-state index in [1.807, 2.05) is 29.7 Å². The second-order valence-corrected chi connectivity index (χ2v) is 16.2. The van der Waals surface area contributed by atoms with Crippen molar-refractivity contribution in [2.24, 2.45) is 0 Å². The summed E-state index contributed by atoms with van der Waals surface area (Å²) in [4.78, 5) is 15.3. The molecule has 7 aromatic carbocycles. The Labute approximate surface area is 321 Å². The third kappa shape index (κ3) is 4.24. The lowest BCUT2D eigenvalue weighted by molar-refractivity contribution is 0.660. The maximum absolute atomic E-state index is 5.35. The van der Waals surface area contributed by atoms with Crippen LogP contribution < -0.4 is 0 Å². The minimum atomic E-state index is -0.123. The molecule has 0 amide bonds. The predicted octanol–water partition coefficient (Wildman–Crippen LogP) is 13.3. The van der Waals surface area contributed by atoms with Gasteiger partial charge in [-0.15, -0.1) is 11.3 Å². The molecule has 0 bridgehead atoms. The highest BCUT2D eigenvalue weighted by atomic mass is 32.1. The molecule has 55 heavy (non-hydrogen) atoms. The van der Waals surface area contributed by atoms with Crippen LogP contribution in [-0.4, -0.2) is 19.5 Å². The molecule has 0 N–H and O–H groups in total. The first-order valence-corrected chi connectivity index (χ1v) is 19.6. The first-order chi connectivity index (χ1) is 27.0. The van der Waals surface area contributed by atoms with Crippen molar-refractivity contribution in [2.45, 2.75) is 19.3 Å². The van der Waals surface area contributed by atoms with Crippen LogP contribution >= 0.6 is 11.3 Å². The van der Waals surface area contributed by atoms with Crippen molar-refractivity contribution in [1.82, 2.24) is 19.5 Å². The molecule has 4 heterocycles. The highest BCUT2D eigenvalue weighted by molar-refractivity contribution is 7.27. The van der Waals surface area contributed by atoms with Crippen LogP contribution in [0.25, 0.3) is 103 Å². The molecule has 0 spiro atoms. The monoisotopic (exact) mass is 720 g/mol. The summed E-state index contributed by atoms with van der Waals surface area (Å²) < 4.78 is 5.08. The molecule has 0 radical (unpaired) electrons. The Balaban J connectivity index is 1.10. The van der Waals surface area contributed by atoms with E-state index in [4.69, 9.17) is 15.0 Å². The van der Waals surface area contributed by atoms with Gasteiger partial charge in [0.2, 0.25) is 0 Å². The molecule has 0 saturated carbocycles. The fourth-order valence-electron chi connectivity index (χ4n) is 9.32. The SMILES string of the molecule is CC1(C)c2ccccc2-c2ccc(-c3nc(-c4cccc(-n5c6ccccc6c6c7ccccc7c7sc8ccccc8c7c65)c4)nc4cccnc34)cc21. The number of pyridine rings is 1. The fraction of sp³-hybridized carbons (Fsp3) is 0.0600. The van der Waals surface area contributed by atoms with Crippen LogP contribution in [0.15, 0.2) is 158 Å². The van der Waals surface area contributed by atoms with E-state index >= 15 is 0 Å². The largest absolute Gasteiger partial charge is 0.309 e. The normalized spacial score (nSPS) is 13.4. The van der Waals surface area contributed by atoms with E-state index in [1.165, 1.54) is 75.0 Å². The summed E-state index contributed by atoms with van der Waals surface area (Å²) in [6.07, 6.45) is 1.84. The molecular formula is C50H32N4S. The third-order valence-corrected chi connectivity index (χ3v) is 13.0. The Morgan fingerprint density at radius 1 is 0.564 bits per heavy atom. The van der Waals surface area contributed by atoms with E-state index in [0.29, 0.717) is 5.82 Å². The number of fused-ring (bicyclic) bond motifs is 14. The quantitative estimate of drug-likeness (QED) is 0.182. The molecule has 258 valence electrons. The zero-order chi connectivity index (χ0) is 36.4. The number of hydrogen-bond acceptors (Lipinski definition) is 4. The second kappa shape index (κ2) is 11.2.